The van der Waals surface area contributed by atoms with Crippen LogP contribution in [0.3, 0.4) is 0 Å². The van der Waals surface area contributed by atoms with Crippen LogP contribution in [-0.2, 0) is 4.79 Å². The minimum Gasteiger partial charge on any atom is -0.493 e. The second-order valence-corrected chi connectivity index (χ2v) is 4.83. The van der Waals surface area contributed by atoms with Crippen LogP contribution in [0.5, 0.6) is 11.5 Å². The SMILES string of the molecule is COc1ccc([C@@H](CC(=O)O)NC(=O)c2cnccn2)cc1OC. The Morgan fingerprint density at radius 2 is 1.96 bits per heavy atom. The molecule has 126 valence electrons. The predicted octanol–water partition coefficient (Wildman–Crippen LogP) is 1.44. The molecule has 1 amide bonds. The van der Waals surface area contributed by atoms with E-state index in [1.165, 1.54) is 32.8 Å². The first-order valence-electron chi connectivity index (χ1n) is 7.05. The zero-order valence-corrected chi connectivity index (χ0v) is 13.2. The van der Waals surface area contributed by atoms with Crippen LogP contribution in [0, 0.1) is 0 Å². The predicted molar refractivity (Wildman–Crippen MR) is 84.0 cm³/mol. The van der Waals surface area contributed by atoms with Crippen LogP contribution in [0.25, 0.3) is 0 Å². The molecule has 0 aliphatic carbocycles. The molecule has 0 bridgehead atoms. The molecule has 0 saturated carbocycles. The molecule has 0 saturated heterocycles. The zero-order valence-electron chi connectivity index (χ0n) is 13.2. The molecule has 2 rings (SSSR count). The second kappa shape index (κ2) is 7.91. The lowest BCUT2D eigenvalue weighted by Crippen LogP contribution is -2.30. The Morgan fingerprint density at radius 3 is 2.54 bits per heavy atom. The molecule has 0 aliphatic heterocycles. The summed E-state index contributed by atoms with van der Waals surface area (Å²) in [6.45, 7) is 0. The van der Waals surface area contributed by atoms with Gasteiger partial charge in [-0.1, -0.05) is 6.07 Å². The van der Waals surface area contributed by atoms with Crippen LogP contribution >= 0.6 is 0 Å². The van der Waals surface area contributed by atoms with Gasteiger partial charge in [-0.15, -0.1) is 0 Å². The van der Waals surface area contributed by atoms with Crippen molar-refractivity contribution in [2.24, 2.45) is 0 Å². The van der Waals surface area contributed by atoms with Crippen molar-refractivity contribution in [2.75, 3.05) is 14.2 Å². The number of nitrogens with zero attached hydrogens (tertiary/aromatic N) is 2. The van der Waals surface area contributed by atoms with Crippen molar-refractivity contribution in [1.29, 1.82) is 0 Å². The number of hydrogen-bond acceptors (Lipinski definition) is 6. The lowest BCUT2D eigenvalue weighted by Gasteiger charge is -2.18. The number of hydrogen-bond donors (Lipinski definition) is 2. The summed E-state index contributed by atoms with van der Waals surface area (Å²) in [5, 5.41) is 11.8. The van der Waals surface area contributed by atoms with E-state index < -0.39 is 17.9 Å². The van der Waals surface area contributed by atoms with Crippen LogP contribution in [0.15, 0.2) is 36.8 Å². The lowest BCUT2D eigenvalue weighted by molar-refractivity contribution is -0.137. The number of ether oxygens (including phenoxy) is 2. The fraction of sp³-hybridized carbons (Fsp3) is 0.250. The van der Waals surface area contributed by atoms with Gasteiger partial charge in [-0.25, -0.2) is 4.98 Å². The van der Waals surface area contributed by atoms with Gasteiger partial charge in [0.2, 0.25) is 0 Å². The maximum atomic E-state index is 12.2. The average Bonchev–Trinajstić information content (AvgIpc) is 2.60. The molecule has 1 aromatic heterocycles. The normalized spacial score (nSPS) is 11.4. The minimum absolute atomic E-state index is 0.105. The Labute approximate surface area is 138 Å². The first-order valence-corrected chi connectivity index (χ1v) is 7.05. The highest BCUT2D eigenvalue weighted by atomic mass is 16.5. The first kappa shape index (κ1) is 17.2. The van der Waals surface area contributed by atoms with E-state index in [-0.39, 0.29) is 12.1 Å². The Morgan fingerprint density at radius 1 is 1.21 bits per heavy atom. The van der Waals surface area contributed by atoms with Crippen molar-refractivity contribution >= 4 is 11.9 Å². The number of carboxylic acid groups (broad SMARTS) is 1. The smallest absolute Gasteiger partial charge is 0.305 e. The molecule has 8 nitrogen and oxygen atoms in total. The average molecular weight is 331 g/mol. The number of aliphatic carboxylic acids is 1. The van der Waals surface area contributed by atoms with Crippen molar-refractivity contribution in [3.05, 3.63) is 48.0 Å². The number of carboxylic acids is 1. The summed E-state index contributed by atoms with van der Waals surface area (Å²) < 4.78 is 10.4. The molecule has 8 heteroatoms. The molecule has 0 fully saturated rings. The summed E-state index contributed by atoms with van der Waals surface area (Å²) in [6, 6.07) is 4.20. The quantitative estimate of drug-likeness (QED) is 0.789. The molecule has 0 radical (unpaired) electrons. The van der Waals surface area contributed by atoms with Crippen LogP contribution in [0.4, 0.5) is 0 Å². The van der Waals surface area contributed by atoms with Crippen molar-refractivity contribution in [1.82, 2.24) is 15.3 Å². The van der Waals surface area contributed by atoms with E-state index in [0.717, 1.165) is 0 Å². The van der Waals surface area contributed by atoms with E-state index in [4.69, 9.17) is 14.6 Å². The monoisotopic (exact) mass is 331 g/mol. The molecule has 2 aromatic rings. The van der Waals surface area contributed by atoms with E-state index in [9.17, 15) is 9.59 Å². The second-order valence-electron chi connectivity index (χ2n) is 4.83. The van der Waals surface area contributed by atoms with Crippen LogP contribution < -0.4 is 14.8 Å². The van der Waals surface area contributed by atoms with Crippen molar-refractivity contribution in [3.63, 3.8) is 0 Å². The lowest BCUT2D eigenvalue weighted by atomic mass is 10.0. The summed E-state index contributed by atoms with van der Waals surface area (Å²) in [5.74, 6) is -0.604. The number of benzene rings is 1. The van der Waals surface area contributed by atoms with Crippen LogP contribution in [0.1, 0.15) is 28.5 Å². The molecular weight excluding hydrogens is 314 g/mol. The van der Waals surface area contributed by atoms with E-state index in [1.807, 2.05) is 0 Å². The minimum atomic E-state index is -1.05. The van der Waals surface area contributed by atoms with Gasteiger partial charge in [-0.3, -0.25) is 14.6 Å². The Hall–Kier alpha value is -3.16. The summed E-state index contributed by atoms with van der Waals surface area (Å²) in [5.41, 5.74) is 0.681. The van der Waals surface area contributed by atoms with E-state index in [1.54, 1.807) is 18.2 Å². The van der Waals surface area contributed by atoms with Gasteiger partial charge >= 0.3 is 5.97 Å². The number of amides is 1. The molecule has 1 aromatic carbocycles. The van der Waals surface area contributed by atoms with Gasteiger partial charge in [0.15, 0.2) is 11.5 Å². The maximum Gasteiger partial charge on any atom is 0.305 e. The molecule has 1 atom stereocenters. The molecule has 0 aliphatic rings. The molecular formula is C16H17N3O5. The molecule has 24 heavy (non-hydrogen) atoms. The topological polar surface area (TPSA) is 111 Å². The van der Waals surface area contributed by atoms with Crippen molar-refractivity contribution in [2.45, 2.75) is 12.5 Å². The summed E-state index contributed by atoms with van der Waals surface area (Å²) in [7, 11) is 2.98. The standard InChI is InChI=1S/C16H17N3O5/c1-23-13-4-3-10(7-14(13)24-2)11(8-15(20)21)19-16(22)12-9-17-5-6-18-12/h3-7,9,11H,8H2,1-2H3,(H,19,22)(H,20,21)/t11-/m1/s1. The highest BCUT2D eigenvalue weighted by molar-refractivity contribution is 5.92. The number of carbonyl (C=O) groups excluding carboxylic acids is 1. The molecule has 2 N–H and O–H groups in total. The van der Waals surface area contributed by atoms with E-state index in [0.29, 0.717) is 17.1 Å². The Bertz CT molecular complexity index is 721. The number of rotatable bonds is 7. The number of nitrogens with one attached hydrogen (secondary N) is 1. The Balaban J connectivity index is 2.28. The largest absolute Gasteiger partial charge is 0.493 e. The fourth-order valence-corrected chi connectivity index (χ4v) is 2.14. The number of aromatic nitrogens is 2. The first-order chi connectivity index (χ1) is 11.5. The van der Waals surface area contributed by atoms with Gasteiger partial charge in [0.05, 0.1) is 32.9 Å². The summed E-state index contributed by atoms with van der Waals surface area (Å²) in [4.78, 5) is 31.1. The van der Waals surface area contributed by atoms with E-state index >= 15 is 0 Å². The third kappa shape index (κ3) is 4.19. The number of carbonyl (C=O) groups is 2. The van der Waals surface area contributed by atoms with Gasteiger partial charge in [0, 0.05) is 12.4 Å². The van der Waals surface area contributed by atoms with Gasteiger partial charge < -0.3 is 19.9 Å². The molecule has 0 spiro atoms. The molecule has 1 heterocycles. The third-order valence-corrected chi connectivity index (χ3v) is 3.29. The Kier molecular flexibility index (Phi) is 5.67. The highest BCUT2D eigenvalue weighted by Crippen LogP contribution is 2.31. The van der Waals surface area contributed by atoms with Gasteiger partial charge in [0.1, 0.15) is 5.69 Å². The van der Waals surface area contributed by atoms with Gasteiger partial charge in [-0.2, -0.15) is 0 Å². The van der Waals surface area contributed by atoms with Crippen molar-refractivity contribution in [3.8, 4) is 11.5 Å². The molecule has 0 unspecified atom stereocenters. The summed E-state index contributed by atoms with van der Waals surface area (Å²) in [6.07, 6.45) is 3.85. The summed E-state index contributed by atoms with van der Waals surface area (Å²) >= 11 is 0. The highest BCUT2D eigenvalue weighted by Gasteiger charge is 2.21. The van der Waals surface area contributed by atoms with Crippen LogP contribution in [-0.4, -0.2) is 41.2 Å². The zero-order chi connectivity index (χ0) is 17.5. The van der Waals surface area contributed by atoms with Crippen LogP contribution in [0.2, 0.25) is 0 Å². The number of methoxy groups -OCH3 is 2. The van der Waals surface area contributed by atoms with E-state index in [2.05, 4.69) is 15.3 Å². The van der Waals surface area contributed by atoms with Gasteiger partial charge in [0.25, 0.3) is 5.91 Å². The van der Waals surface area contributed by atoms with Crippen molar-refractivity contribution < 1.29 is 24.2 Å². The van der Waals surface area contributed by atoms with Gasteiger partial charge in [-0.05, 0) is 17.7 Å². The third-order valence-electron chi connectivity index (χ3n) is 3.29. The maximum absolute atomic E-state index is 12.2. The fourth-order valence-electron chi connectivity index (χ4n) is 2.14.